The number of halogens is 1. The Labute approximate surface area is 51.2 Å². The van der Waals surface area contributed by atoms with Crippen LogP contribution < -0.4 is 0 Å². The van der Waals surface area contributed by atoms with E-state index in [2.05, 4.69) is 3.07 Å². The molecule has 0 bridgehead atoms. The molecule has 0 amide bonds. The van der Waals surface area contributed by atoms with Crippen molar-refractivity contribution in [2.24, 2.45) is 0 Å². The van der Waals surface area contributed by atoms with Crippen molar-refractivity contribution in [1.82, 2.24) is 0 Å². The summed E-state index contributed by atoms with van der Waals surface area (Å²) in [6, 6.07) is 0. The number of hydrogen-bond donors (Lipinski definition) is 1. The van der Waals surface area contributed by atoms with Gasteiger partial charge >= 0.3 is 0 Å². The van der Waals surface area contributed by atoms with Crippen LogP contribution in [0.5, 0.6) is 0 Å². The Morgan fingerprint density at radius 2 is 2.50 bits per heavy atom. The largest absolute Gasteiger partial charge is 0.391 e. The zero-order valence-electron chi connectivity index (χ0n) is 3.52. The lowest BCUT2D eigenvalue weighted by molar-refractivity contribution is 0.146. The highest BCUT2D eigenvalue weighted by atomic mass is 127. The maximum atomic E-state index is 8.42. The van der Waals surface area contributed by atoms with Crippen LogP contribution in [-0.2, 0) is 3.07 Å². The van der Waals surface area contributed by atoms with Crippen molar-refractivity contribution in [2.75, 3.05) is 6.61 Å². The molecule has 0 aliphatic carbocycles. The van der Waals surface area contributed by atoms with E-state index < -0.39 is 0 Å². The van der Waals surface area contributed by atoms with Crippen molar-refractivity contribution in [3.8, 4) is 0 Å². The summed E-state index contributed by atoms with van der Waals surface area (Å²) >= 11 is 1.74. The lowest BCUT2D eigenvalue weighted by atomic mass is 10.5. The molecule has 6 heavy (non-hydrogen) atoms. The molecule has 0 unspecified atom stereocenters. The van der Waals surface area contributed by atoms with E-state index in [0.717, 1.165) is 0 Å². The molecule has 0 aromatic rings. The van der Waals surface area contributed by atoms with Crippen molar-refractivity contribution in [3.63, 3.8) is 0 Å². The van der Waals surface area contributed by atoms with E-state index in [-0.39, 0.29) is 6.10 Å². The van der Waals surface area contributed by atoms with Crippen LogP contribution in [0.15, 0.2) is 0 Å². The Hall–Kier alpha value is 0.650. The standard InChI is InChI=1S/C3H7IO2/c1-3(5)2-6-4/h3,5H,2H2,1H3/t3-/m1/s1. The van der Waals surface area contributed by atoms with Gasteiger partial charge in [0.05, 0.1) is 12.7 Å². The second-order valence-electron chi connectivity index (χ2n) is 1.12. The molecule has 3 heteroatoms. The first kappa shape index (κ1) is 6.65. The number of aliphatic hydroxyl groups excluding tert-OH is 1. The lowest BCUT2D eigenvalue weighted by Gasteiger charge is -1.95. The Morgan fingerprint density at radius 3 is 2.50 bits per heavy atom. The van der Waals surface area contributed by atoms with Crippen molar-refractivity contribution >= 4 is 23.0 Å². The van der Waals surface area contributed by atoms with Crippen molar-refractivity contribution in [2.45, 2.75) is 13.0 Å². The van der Waals surface area contributed by atoms with Gasteiger partial charge in [-0.25, -0.2) is 0 Å². The number of aliphatic hydroxyl groups is 1. The highest BCUT2D eigenvalue weighted by Crippen LogP contribution is 1.87. The van der Waals surface area contributed by atoms with E-state index >= 15 is 0 Å². The quantitative estimate of drug-likeness (QED) is 0.669. The molecule has 0 saturated carbocycles. The van der Waals surface area contributed by atoms with Crippen molar-refractivity contribution in [3.05, 3.63) is 0 Å². The molecule has 0 radical (unpaired) electrons. The van der Waals surface area contributed by atoms with E-state index in [1.807, 2.05) is 0 Å². The van der Waals surface area contributed by atoms with E-state index in [1.165, 1.54) is 0 Å². The zero-order valence-corrected chi connectivity index (χ0v) is 5.68. The Kier molecular flexibility index (Phi) is 4.24. The summed E-state index contributed by atoms with van der Waals surface area (Å²) in [6.45, 7) is 2.10. The van der Waals surface area contributed by atoms with Crippen LogP contribution in [0.3, 0.4) is 0 Å². The van der Waals surface area contributed by atoms with Crippen LogP contribution >= 0.6 is 23.0 Å². The molecule has 2 nitrogen and oxygen atoms in total. The Balaban J connectivity index is 2.63. The highest BCUT2D eigenvalue weighted by molar-refractivity contribution is 14.1. The summed E-state index contributed by atoms with van der Waals surface area (Å²) in [5.41, 5.74) is 0. The Bertz CT molecular complexity index is 30.0. The summed E-state index contributed by atoms with van der Waals surface area (Å²) in [6.07, 6.45) is -0.332. The van der Waals surface area contributed by atoms with Gasteiger partial charge in [-0.05, 0) is 6.92 Å². The van der Waals surface area contributed by atoms with Crippen molar-refractivity contribution in [1.29, 1.82) is 0 Å². The first-order chi connectivity index (χ1) is 2.77. The van der Waals surface area contributed by atoms with Crippen LogP contribution in [0.1, 0.15) is 6.92 Å². The minimum atomic E-state index is -0.332. The molecule has 0 aliphatic rings. The minimum absolute atomic E-state index is 0.332. The first-order valence-corrected chi connectivity index (χ1v) is 2.57. The number of rotatable bonds is 2. The lowest BCUT2D eigenvalue weighted by Crippen LogP contribution is -2.04. The fraction of sp³-hybridized carbons (Fsp3) is 1.00. The molecule has 1 atom stereocenters. The maximum absolute atomic E-state index is 8.42. The van der Waals surface area contributed by atoms with Gasteiger partial charge in [0, 0.05) is 0 Å². The third-order valence-corrected chi connectivity index (χ3v) is 0.664. The normalized spacial score (nSPS) is 14.5. The van der Waals surface area contributed by atoms with Crippen LogP contribution in [0.25, 0.3) is 0 Å². The van der Waals surface area contributed by atoms with Crippen LogP contribution in [0.2, 0.25) is 0 Å². The van der Waals surface area contributed by atoms with Gasteiger partial charge in [0.15, 0.2) is 0 Å². The Morgan fingerprint density at radius 1 is 2.00 bits per heavy atom. The van der Waals surface area contributed by atoms with Crippen LogP contribution in [0.4, 0.5) is 0 Å². The summed E-state index contributed by atoms with van der Waals surface area (Å²) < 4.78 is 4.52. The summed E-state index contributed by atoms with van der Waals surface area (Å²) in [5, 5.41) is 8.42. The molecule has 0 spiro atoms. The summed E-state index contributed by atoms with van der Waals surface area (Å²) in [7, 11) is 0. The van der Waals surface area contributed by atoms with Gasteiger partial charge < -0.3 is 8.17 Å². The molecule has 1 N–H and O–H groups in total. The van der Waals surface area contributed by atoms with Crippen molar-refractivity contribution < 1.29 is 8.17 Å². The molecule has 0 aliphatic heterocycles. The average Bonchev–Trinajstić information content (AvgIpc) is 1.35. The van der Waals surface area contributed by atoms with E-state index in [4.69, 9.17) is 5.11 Å². The molecular weight excluding hydrogens is 195 g/mol. The average molecular weight is 202 g/mol. The van der Waals surface area contributed by atoms with Crippen LogP contribution in [-0.4, -0.2) is 17.8 Å². The minimum Gasteiger partial charge on any atom is -0.391 e. The fourth-order valence-corrected chi connectivity index (χ4v) is 0.612. The predicted octanol–water partition coefficient (Wildman–Crippen LogP) is 0.734. The SMILES string of the molecule is C[C@@H](O)COI. The third-order valence-electron chi connectivity index (χ3n) is 0.304. The van der Waals surface area contributed by atoms with Gasteiger partial charge in [0.2, 0.25) is 0 Å². The third kappa shape index (κ3) is 4.65. The zero-order chi connectivity index (χ0) is 4.99. The van der Waals surface area contributed by atoms with Gasteiger partial charge in [-0.2, -0.15) is 0 Å². The van der Waals surface area contributed by atoms with E-state index in [0.29, 0.717) is 6.61 Å². The smallest absolute Gasteiger partial charge is 0.109 e. The maximum Gasteiger partial charge on any atom is 0.109 e. The molecule has 0 aromatic heterocycles. The molecule has 38 valence electrons. The molecule has 0 aromatic carbocycles. The summed E-state index contributed by atoms with van der Waals surface area (Å²) in [4.78, 5) is 0. The van der Waals surface area contributed by atoms with Gasteiger partial charge in [0.1, 0.15) is 23.0 Å². The highest BCUT2D eigenvalue weighted by Gasteiger charge is 1.88. The first-order valence-electron chi connectivity index (χ1n) is 1.69. The number of hydrogen-bond acceptors (Lipinski definition) is 2. The molecular formula is C3H7IO2. The fourth-order valence-electron chi connectivity index (χ4n) is 0.0912. The molecule has 0 saturated heterocycles. The predicted molar refractivity (Wildman–Crippen MR) is 31.7 cm³/mol. The summed E-state index contributed by atoms with van der Waals surface area (Å²) in [5.74, 6) is 0. The molecule has 0 heterocycles. The van der Waals surface area contributed by atoms with E-state index in [1.54, 1.807) is 29.9 Å². The molecule has 0 rings (SSSR count). The monoisotopic (exact) mass is 202 g/mol. The molecule has 0 fully saturated rings. The van der Waals surface area contributed by atoms with Gasteiger partial charge in [-0.3, -0.25) is 0 Å². The second kappa shape index (κ2) is 3.83. The topological polar surface area (TPSA) is 29.5 Å². The van der Waals surface area contributed by atoms with E-state index in [9.17, 15) is 0 Å². The second-order valence-corrected chi connectivity index (χ2v) is 1.75. The van der Waals surface area contributed by atoms with Gasteiger partial charge in [-0.15, -0.1) is 0 Å². The van der Waals surface area contributed by atoms with Crippen LogP contribution in [0, 0.1) is 0 Å². The van der Waals surface area contributed by atoms with Gasteiger partial charge in [0.25, 0.3) is 0 Å². The van der Waals surface area contributed by atoms with Gasteiger partial charge in [-0.1, -0.05) is 0 Å².